The molecule has 0 saturated heterocycles. The number of halogens is 3. The molecule has 1 rings (SSSR count). The molecule has 0 aromatic heterocycles. The molecule has 10 heavy (non-hydrogen) atoms. The van der Waals surface area contributed by atoms with E-state index in [0.29, 0.717) is 0 Å². The summed E-state index contributed by atoms with van der Waals surface area (Å²) in [7, 11) is 9.81. The Balaban J connectivity index is 0.000000236. The van der Waals surface area contributed by atoms with Gasteiger partial charge in [-0.05, 0) is 18.2 Å². The molecule has 0 atom stereocenters. The van der Waals surface area contributed by atoms with Crippen LogP contribution in [0.4, 0.5) is 0 Å². The Kier molecular flexibility index (Phi) is 8.64. The van der Waals surface area contributed by atoms with Gasteiger partial charge in [0.2, 0.25) is 0 Å². The third-order valence-electron chi connectivity index (χ3n) is 0.669. The van der Waals surface area contributed by atoms with Crippen molar-refractivity contribution in [2.24, 2.45) is 0 Å². The van der Waals surface area contributed by atoms with Crippen LogP contribution in [0.5, 0.6) is 0 Å². The first-order chi connectivity index (χ1) is 4.81. The zero-order chi connectivity index (χ0) is 7.82. The zero-order valence-corrected chi connectivity index (χ0v) is 8.83. The van der Waals surface area contributed by atoms with Crippen molar-refractivity contribution in [3.8, 4) is 0 Å². The van der Waals surface area contributed by atoms with E-state index >= 15 is 0 Å². The van der Waals surface area contributed by atoms with Gasteiger partial charge in [-0.1, -0.05) is 23.7 Å². The average Bonchev–Trinajstić information content (AvgIpc) is 1.91. The van der Waals surface area contributed by atoms with Crippen LogP contribution < -0.4 is 0 Å². The van der Waals surface area contributed by atoms with Gasteiger partial charge >= 0.3 is 18.2 Å². The summed E-state index contributed by atoms with van der Waals surface area (Å²) in [6.45, 7) is 0. The molecule has 0 spiro atoms. The molecule has 0 amide bonds. The molecule has 0 saturated carbocycles. The Morgan fingerprint density at radius 2 is 2.00 bits per heavy atom. The minimum atomic E-state index is -0.639. The molecule has 0 N–H and O–H groups in total. The predicted octanol–water partition coefficient (Wildman–Crippen LogP) is 3.14. The molecule has 1 aromatic carbocycles. The lowest BCUT2D eigenvalue weighted by Gasteiger charge is -1.79. The quantitative estimate of drug-likeness (QED) is 0.573. The number of hydrogen-bond donors (Lipinski definition) is 0. The van der Waals surface area contributed by atoms with Gasteiger partial charge in [0.15, 0.2) is 0 Å². The summed E-state index contributed by atoms with van der Waals surface area (Å²) in [6, 6.07) is 10.0. The van der Waals surface area contributed by atoms with Gasteiger partial charge in [-0.25, -0.2) is 0 Å². The van der Waals surface area contributed by atoms with Crippen LogP contribution in [0.3, 0.4) is 0 Å². The molecule has 1 radical (unpaired) electrons. The number of hydrogen-bond acceptors (Lipinski definition) is 0. The number of benzene rings is 1. The second-order valence-electron chi connectivity index (χ2n) is 1.32. The Hall–Kier alpha value is 0.856. The molecule has 0 heterocycles. The highest BCUT2D eigenvalue weighted by atomic mass is 35.6. The smallest absolute Gasteiger partial charge is 0.309 e. The van der Waals surface area contributed by atoms with E-state index in [1.807, 2.05) is 18.2 Å². The molecule has 4 heteroatoms. The van der Waals surface area contributed by atoms with Crippen molar-refractivity contribution >= 4 is 47.9 Å². The van der Waals surface area contributed by atoms with Gasteiger partial charge in [0.1, 0.15) is 0 Å². The largest absolute Gasteiger partial charge is 0.618 e. The molecule has 51 valence electrons. The lowest BCUT2D eigenvalue weighted by atomic mass is 10.4. The van der Waals surface area contributed by atoms with Crippen LogP contribution in [0.1, 0.15) is 0 Å². The van der Waals surface area contributed by atoms with Gasteiger partial charge < -0.3 is 18.1 Å². The second kappa shape index (κ2) is 7.96. The monoisotopic (exact) mass is 205 g/mol. The molecule has 0 fully saturated rings. The van der Waals surface area contributed by atoms with Gasteiger partial charge in [-0.3, -0.25) is 0 Å². The van der Waals surface area contributed by atoms with Crippen LogP contribution in [0, 0.1) is 6.07 Å². The Morgan fingerprint density at radius 3 is 2.20 bits per heavy atom. The molecular formula is C6H4Cl3Mg. The summed E-state index contributed by atoms with van der Waals surface area (Å²) in [6.07, 6.45) is 0. The van der Waals surface area contributed by atoms with Crippen molar-refractivity contribution in [2.45, 2.75) is 0 Å². The van der Waals surface area contributed by atoms with Crippen LogP contribution in [-0.4, -0.2) is 18.2 Å². The Bertz CT molecular complexity index is 154. The first kappa shape index (κ1) is 10.9. The predicted molar refractivity (Wildman–Crippen MR) is 47.7 cm³/mol. The van der Waals surface area contributed by atoms with E-state index in [0.717, 1.165) is 5.02 Å². The minimum absolute atomic E-state index is 0.639. The lowest BCUT2D eigenvalue weighted by Crippen LogP contribution is -1.56. The Labute approximate surface area is 82.7 Å². The molecule has 0 bridgehead atoms. The first-order valence-electron chi connectivity index (χ1n) is 2.54. The second-order valence-corrected chi connectivity index (χ2v) is 4.39. The van der Waals surface area contributed by atoms with Crippen molar-refractivity contribution in [2.75, 3.05) is 0 Å². The van der Waals surface area contributed by atoms with Crippen molar-refractivity contribution in [3.63, 3.8) is 0 Å². The fourth-order valence-corrected chi connectivity index (χ4v) is 0.507. The maximum Gasteiger partial charge on any atom is 0.618 e. The van der Waals surface area contributed by atoms with Gasteiger partial charge in [0.05, 0.1) is 0 Å². The van der Waals surface area contributed by atoms with Crippen molar-refractivity contribution < 1.29 is 0 Å². The highest BCUT2D eigenvalue weighted by Gasteiger charge is 1.75. The summed E-state index contributed by atoms with van der Waals surface area (Å²) in [5.74, 6) is 0. The summed E-state index contributed by atoms with van der Waals surface area (Å²) in [5.41, 5.74) is 0. The fourth-order valence-electron chi connectivity index (χ4n) is 0.371. The van der Waals surface area contributed by atoms with Crippen molar-refractivity contribution in [1.82, 2.24) is 0 Å². The van der Waals surface area contributed by atoms with Gasteiger partial charge in [-0.2, -0.15) is 0 Å². The summed E-state index contributed by atoms with van der Waals surface area (Å²) >= 11 is 4.87. The summed E-state index contributed by atoms with van der Waals surface area (Å²) < 4.78 is 0. The third-order valence-corrected chi connectivity index (χ3v) is 0.904. The van der Waals surface area contributed by atoms with Gasteiger partial charge in [0, 0.05) is 5.02 Å². The van der Waals surface area contributed by atoms with Crippen LogP contribution in [0.15, 0.2) is 24.3 Å². The third kappa shape index (κ3) is 6.97. The molecule has 0 unspecified atom stereocenters. The van der Waals surface area contributed by atoms with E-state index in [1.165, 1.54) is 0 Å². The van der Waals surface area contributed by atoms with E-state index in [-0.39, 0.29) is 0 Å². The molecule has 0 aliphatic carbocycles. The fraction of sp³-hybridized carbons (Fsp3) is 0. The molecule has 0 nitrogen and oxygen atoms in total. The van der Waals surface area contributed by atoms with E-state index in [4.69, 9.17) is 29.7 Å². The maximum atomic E-state index is 5.51. The SMILES string of the molecule is Clc1c[c]ccc1.[Cl][Mg][Cl]. The van der Waals surface area contributed by atoms with E-state index in [1.54, 1.807) is 6.07 Å². The zero-order valence-electron chi connectivity index (χ0n) is 5.15. The number of rotatable bonds is 0. The summed E-state index contributed by atoms with van der Waals surface area (Å²) in [5, 5.41) is 0.738. The maximum absolute atomic E-state index is 5.51. The van der Waals surface area contributed by atoms with Crippen LogP contribution in [0.2, 0.25) is 5.02 Å². The van der Waals surface area contributed by atoms with E-state index < -0.39 is 18.2 Å². The van der Waals surface area contributed by atoms with Crippen LogP contribution in [-0.2, 0) is 0 Å². The molecular weight excluding hydrogens is 203 g/mol. The standard InChI is InChI=1S/C6H4Cl.2ClH.Mg/c7-6-4-2-1-3-5-6;;;/h1-2,4-5H;2*1H;/q;;;+2/p-2. The average molecular weight is 207 g/mol. The highest BCUT2D eigenvalue weighted by Crippen LogP contribution is 2.02. The molecule has 0 aliphatic heterocycles. The van der Waals surface area contributed by atoms with Crippen molar-refractivity contribution in [1.29, 1.82) is 0 Å². The Morgan fingerprint density at radius 1 is 1.40 bits per heavy atom. The molecule has 0 aliphatic rings. The van der Waals surface area contributed by atoms with Crippen LogP contribution >= 0.6 is 29.7 Å². The van der Waals surface area contributed by atoms with E-state index in [2.05, 4.69) is 6.07 Å². The van der Waals surface area contributed by atoms with Gasteiger partial charge in [0.25, 0.3) is 0 Å². The van der Waals surface area contributed by atoms with Crippen LogP contribution in [0.25, 0.3) is 0 Å². The summed E-state index contributed by atoms with van der Waals surface area (Å²) in [4.78, 5) is 0. The topological polar surface area (TPSA) is 0 Å². The van der Waals surface area contributed by atoms with E-state index in [9.17, 15) is 0 Å². The highest BCUT2D eigenvalue weighted by molar-refractivity contribution is 7.22. The van der Waals surface area contributed by atoms with Gasteiger partial charge in [-0.15, -0.1) is 0 Å². The lowest BCUT2D eigenvalue weighted by molar-refractivity contribution is 1.69. The first-order valence-corrected chi connectivity index (χ1v) is 7.20. The van der Waals surface area contributed by atoms with Crippen molar-refractivity contribution in [3.05, 3.63) is 35.4 Å². The minimum Gasteiger partial charge on any atom is -0.309 e. The normalized spacial score (nSPS) is 7.10. The molecule has 1 aromatic rings.